The van der Waals surface area contributed by atoms with Crippen molar-refractivity contribution in [1.82, 2.24) is 4.90 Å². The van der Waals surface area contributed by atoms with Crippen molar-refractivity contribution in [3.63, 3.8) is 0 Å². The zero-order chi connectivity index (χ0) is 16.4. The Morgan fingerprint density at radius 3 is 2.96 bits per heavy atom. The minimum atomic E-state index is -0.0534. The van der Waals surface area contributed by atoms with Crippen LogP contribution < -0.4 is 10.1 Å². The van der Waals surface area contributed by atoms with E-state index < -0.39 is 0 Å². The van der Waals surface area contributed by atoms with Gasteiger partial charge in [-0.05, 0) is 37.9 Å². The second-order valence-corrected chi connectivity index (χ2v) is 6.28. The first kappa shape index (κ1) is 15.8. The molecule has 1 N–H and O–H groups in total. The van der Waals surface area contributed by atoms with E-state index in [1.54, 1.807) is 7.11 Å². The van der Waals surface area contributed by atoms with Crippen LogP contribution in [0.25, 0.3) is 5.57 Å². The lowest BCUT2D eigenvalue weighted by Crippen LogP contribution is -2.33. The van der Waals surface area contributed by atoms with E-state index in [0.29, 0.717) is 11.7 Å². The smallest absolute Gasteiger partial charge is 0.256 e. The van der Waals surface area contributed by atoms with Gasteiger partial charge >= 0.3 is 0 Å². The standard InChI is InChI=1S/C19H24N2O2/c1-4-13-12-21(2)11-10-14(13)8-9-16-15-6-5-7-17(23-3)18(15)20-19(16)22/h5-9,13H,4,10-12H2,1-3H3,(H,20,22)/b14-8-,16-9-/t13-/m1/s1. The fourth-order valence-corrected chi connectivity index (χ4v) is 3.43. The number of piperidine rings is 1. The first-order chi connectivity index (χ1) is 11.1. The largest absolute Gasteiger partial charge is 0.495 e. The molecule has 0 aliphatic carbocycles. The van der Waals surface area contributed by atoms with E-state index in [-0.39, 0.29) is 5.91 Å². The Kier molecular flexibility index (Phi) is 4.53. The van der Waals surface area contributed by atoms with E-state index in [1.165, 1.54) is 5.57 Å². The molecule has 1 aromatic rings. The molecule has 4 nitrogen and oxygen atoms in total. The summed E-state index contributed by atoms with van der Waals surface area (Å²) in [5, 5.41) is 2.92. The number of amides is 1. The van der Waals surface area contributed by atoms with Gasteiger partial charge in [0.25, 0.3) is 5.91 Å². The van der Waals surface area contributed by atoms with Gasteiger partial charge in [-0.15, -0.1) is 0 Å². The quantitative estimate of drug-likeness (QED) is 0.871. The number of hydrogen-bond donors (Lipinski definition) is 1. The Morgan fingerprint density at radius 2 is 2.22 bits per heavy atom. The maximum absolute atomic E-state index is 12.3. The van der Waals surface area contributed by atoms with E-state index in [1.807, 2.05) is 24.3 Å². The third-order valence-electron chi connectivity index (χ3n) is 4.81. The monoisotopic (exact) mass is 312 g/mol. The number of nitrogens with zero attached hydrogens (tertiary/aromatic N) is 1. The molecule has 23 heavy (non-hydrogen) atoms. The number of hydrogen-bond acceptors (Lipinski definition) is 3. The van der Waals surface area contributed by atoms with Crippen molar-refractivity contribution in [2.75, 3.05) is 32.6 Å². The minimum absolute atomic E-state index is 0.0534. The average molecular weight is 312 g/mol. The third-order valence-corrected chi connectivity index (χ3v) is 4.81. The zero-order valence-electron chi connectivity index (χ0n) is 14.1. The molecule has 1 saturated heterocycles. The van der Waals surface area contributed by atoms with Crippen LogP contribution in [-0.2, 0) is 4.79 Å². The van der Waals surface area contributed by atoms with Crippen molar-refractivity contribution in [3.8, 4) is 5.75 Å². The van der Waals surface area contributed by atoms with Crippen molar-refractivity contribution in [1.29, 1.82) is 0 Å². The molecule has 3 rings (SSSR count). The number of carbonyl (C=O) groups excluding carboxylic acids is 1. The number of para-hydroxylation sites is 1. The molecule has 1 aromatic carbocycles. The predicted molar refractivity (Wildman–Crippen MR) is 93.6 cm³/mol. The van der Waals surface area contributed by atoms with E-state index in [2.05, 4.69) is 30.3 Å². The summed E-state index contributed by atoms with van der Waals surface area (Å²) in [5.41, 5.74) is 3.87. The molecular formula is C19H24N2O2. The van der Waals surface area contributed by atoms with Gasteiger partial charge < -0.3 is 15.0 Å². The van der Waals surface area contributed by atoms with Crippen LogP contribution in [0.1, 0.15) is 25.3 Å². The number of rotatable bonds is 3. The van der Waals surface area contributed by atoms with Crippen LogP contribution in [0.15, 0.2) is 35.9 Å². The molecule has 1 amide bonds. The summed E-state index contributed by atoms with van der Waals surface area (Å²) in [4.78, 5) is 14.7. The molecular weight excluding hydrogens is 288 g/mol. The van der Waals surface area contributed by atoms with Crippen LogP contribution in [0.3, 0.4) is 0 Å². The first-order valence-corrected chi connectivity index (χ1v) is 8.22. The fourth-order valence-electron chi connectivity index (χ4n) is 3.43. The van der Waals surface area contributed by atoms with Gasteiger partial charge in [-0.1, -0.05) is 30.7 Å². The molecule has 4 heteroatoms. The van der Waals surface area contributed by atoms with Crippen LogP contribution in [0, 0.1) is 5.92 Å². The van der Waals surface area contributed by atoms with Crippen LogP contribution in [0.4, 0.5) is 5.69 Å². The molecule has 0 radical (unpaired) electrons. The number of methoxy groups -OCH3 is 1. The lowest BCUT2D eigenvalue weighted by Gasteiger charge is -2.31. The zero-order valence-corrected chi connectivity index (χ0v) is 14.1. The molecule has 1 atom stereocenters. The Labute approximate surface area is 137 Å². The molecule has 0 spiro atoms. The van der Waals surface area contributed by atoms with E-state index in [4.69, 9.17) is 4.74 Å². The number of benzene rings is 1. The van der Waals surface area contributed by atoms with Gasteiger partial charge in [-0.2, -0.15) is 0 Å². The highest BCUT2D eigenvalue weighted by molar-refractivity contribution is 6.32. The molecule has 2 heterocycles. The minimum Gasteiger partial charge on any atom is -0.495 e. The Bertz CT molecular complexity index is 676. The molecule has 2 aliphatic heterocycles. The van der Waals surface area contributed by atoms with Crippen LogP contribution in [-0.4, -0.2) is 38.1 Å². The highest BCUT2D eigenvalue weighted by Gasteiger charge is 2.27. The number of anilines is 1. The number of likely N-dealkylation sites (tertiary alicyclic amines) is 1. The van der Waals surface area contributed by atoms with Gasteiger partial charge in [0.05, 0.1) is 12.8 Å². The van der Waals surface area contributed by atoms with Crippen LogP contribution >= 0.6 is 0 Å². The summed E-state index contributed by atoms with van der Waals surface area (Å²) in [6.07, 6.45) is 6.34. The molecule has 0 aromatic heterocycles. The topological polar surface area (TPSA) is 41.6 Å². The fraction of sp³-hybridized carbons (Fsp3) is 0.421. The van der Waals surface area contributed by atoms with Gasteiger partial charge in [0, 0.05) is 24.2 Å². The molecule has 0 saturated carbocycles. The predicted octanol–water partition coefficient (Wildman–Crippen LogP) is 3.32. The van der Waals surface area contributed by atoms with Crippen molar-refractivity contribution in [2.24, 2.45) is 5.92 Å². The highest BCUT2D eigenvalue weighted by Crippen LogP contribution is 2.39. The third kappa shape index (κ3) is 3.04. The summed E-state index contributed by atoms with van der Waals surface area (Å²) in [5.74, 6) is 1.24. The van der Waals surface area contributed by atoms with Crippen molar-refractivity contribution in [2.45, 2.75) is 19.8 Å². The second-order valence-electron chi connectivity index (χ2n) is 6.28. The van der Waals surface area contributed by atoms with Gasteiger partial charge in [-0.25, -0.2) is 0 Å². The lowest BCUT2D eigenvalue weighted by atomic mass is 9.89. The van der Waals surface area contributed by atoms with Gasteiger partial charge in [-0.3, -0.25) is 4.79 Å². The van der Waals surface area contributed by atoms with E-state index in [9.17, 15) is 4.79 Å². The molecule has 0 unspecified atom stereocenters. The van der Waals surface area contributed by atoms with Crippen LogP contribution in [0.2, 0.25) is 0 Å². The number of fused-ring (bicyclic) bond motifs is 1. The SMILES string of the molecule is CC[C@@H]1CN(C)CC/C1=C/C=C1\C(=O)Nc2c(OC)cccc21. The van der Waals surface area contributed by atoms with Crippen LogP contribution in [0.5, 0.6) is 5.75 Å². The molecule has 1 fully saturated rings. The maximum atomic E-state index is 12.3. The van der Waals surface area contributed by atoms with Gasteiger partial charge in [0.15, 0.2) is 0 Å². The first-order valence-electron chi connectivity index (χ1n) is 8.22. The molecule has 2 aliphatic rings. The van der Waals surface area contributed by atoms with Crippen molar-refractivity contribution >= 4 is 17.2 Å². The van der Waals surface area contributed by atoms with Gasteiger partial charge in [0.2, 0.25) is 0 Å². The number of nitrogens with one attached hydrogen (secondary N) is 1. The van der Waals surface area contributed by atoms with E-state index in [0.717, 1.165) is 42.8 Å². The van der Waals surface area contributed by atoms with Gasteiger partial charge in [0.1, 0.15) is 5.75 Å². The Balaban J connectivity index is 1.92. The molecule has 122 valence electrons. The Hall–Kier alpha value is -2.07. The van der Waals surface area contributed by atoms with E-state index >= 15 is 0 Å². The normalized spacial score (nSPS) is 24.8. The van der Waals surface area contributed by atoms with Crippen molar-refractivity contribution < 1.29 is 9.53 Å². The van der Waals surface area contributed by atoms with Crippen molar-refractivity contribution in [3.05, 3.63) is 41.5 Å². The number of allylic oxidation sites excluding steroid dienone is 2. The number of ether oxygens (including phenoxy) is 1. The summed E-state index contributed by atoms with van der Waals surface area (Å²) in [7, 11) is 3.79. The summed E-state index contributed by atoms with van der Waals surface area (Å²) < 4.78 is 5.33. The number of carbonyl (C=O) groups is 1. The summed E-state index contributed by atoms with van der Waals surface area (Å²) in [6.45, 7) is 4.41. The Morgan fingerprint density at radius 1 is 1.39 bits per heavy atom. The average Bonchev–Trinajstić information content (AvgIpc) is 2.89. The highest BCUT2D eigenvalue weighted by atomic mass is 16.5. The second kappa shape index (κ2) is 6.59. The molecule has 0 bridgehead atoms. The maximum Gasteiger partial charge on any atom is 0.256 e. The summed E-state index contributed by atoms with van der Waals surface area (Å²) >= 11 is 0. The lowest BCUT2D eigenvalue weighted by molar-refractivity contribution is -0.110. The summed E-state index contributed by atoms with van der Waals surface area (Å²) in [6, 6.07) is 5.75.